The van der Waals surface area contributed by atoms with E-state index >= 15 is 0 Å². The molecule has 0 bridgehead atoms. The first-order chi connectivity index (χ1) is 4.75. The first kappa shape index (κ1) is 7.32. The first-order valence-electron chi connectivity index (χ1n) is 3.73. The van der Waals surface area contributed by atoms with Gasteiger partial charge in [-0.3, -0.25) is 4.79 Å². The molecule has 0 N–H and O–H groups in total. The molecule has 1 aliphatic rings. The third-order valence-corrected chi connectivity index (χ3v) is 1.91. The van der Waals surface area contributed by atoms with Gasteiger partial charge in [-0.25, -0.2) is 0 Å². The van der Waals surface area contributed by atoms with Crippen LogP contribution in [0.5, 0.6) is 0 Å². The molecule has 0 spiro atoms. The molecule has 10 heavy (non-hydrogen) atoms. The highest BCUT2D eigenvalue weighted by Crippen LogP contribution is 2.12. The average molecular weight is 139 g/mol. The summed E-state index contributed by atoms with van der Waals surface area (Å²) in [6.07, 6.45) is 5.41. The Kier molecular flexibility index (Phi) is 2.10. The molecule has 0 fully saturated rings. The topological polar surface area (TPSA) is 20.3 Å². The molecule has 1 amide bonds. The van der Waals surface area contributed by atoms with E-state index in [4.69, 9.17) is 0 Å². The molecule has 0 saturated heterocycles. The molecular weight excluding hydrogens is 126 g/mol. The fourth-order valence-corrected chi connectivity index (χ4v) is 1.05. The van der Waals surface area contributed by atoms with Crippen LogP contribution in [0.3, 0.4) is 0 Å². The highest BCUT2D eigenvalue weighted by atomic mass is 16.2. The van der Waals surface area contributed by atoms with Crippen LogP contribution in [0.1, 0.15) is 26.7 Å². The fourth-order valence-electron chi connectivity index (χ4n) is 1.05. The summed E-state index contributed by atoms with van der Waals surface area (Å²) in [7, 11) is 0. The lowest BCUT2D eigenvalue weighted by molar-refractivity contribution is -0.128. The molecule has 0 aromatic rings. The van der Waals surface area contributed by atoms with Crippen LogP contribution >= 0.6 is 0 Å². The van der Waals surface area contributed by atoms with Crippen LogP contribution in [-0.2, 0) is 4.79 Å². The first-order valence-corrected chi connectivity index (χ1v) is 3.73. The lowest BCUT2D eigenvalue weighted by Gasteiger charge is -2.20. The largest absolute Gasteiger partial charge is 0.316 e. The van der Waals surface area contributed by atoms with E-state index in [2.05, 4.69) is 13.8 Å². The Morgan fingerprint density at radius 3 is 2.90 bits per heavy atom. The second kappa shape index (κ2) is 2.86. The maximum absolute atomic E-state index is 11.0. The van der Waals surface area contributed by atoms with Crippen LogP contribution in [0.2, 0.25) is 0 Å². The highest BCUT2D eigenvalue weighted by Gasteiger charge is 2.18. The van der Waals surface area contributed by atoms with Gasteiger partial charge < -0.3 is 4.90 Å². The van der Waals surface area contributed by atoms with E-state index in [0.717, 1.165) is 6.42 Å². The normalized spacial score (nSPS) is 20.2. The van der Waals surface area contributed by atoms with Crippen molar-refractivity contribution >= 4 is 5.91 Å². The minimum Gasteiger partial charge on any atom is -0.316 e. The Hall–Kier alpha value is -0.790. The number of amides is 1. The van der Waals surface area contributed by atoms with Crippen molar-refractivity contribution in [3.05, 3.63) is 12.3 Å². The Labute approximate surface area is 61.5 Å². The zero-order valence-electron chi connectivity index (χ0n) is 6.50. The third kappa shape index (κ3) is 1.20. The third-order valence-electron chi connectivity index (χ3n) is 1.91. The summed E-state index contributed by atoms with van der Waals surface area (Å²) in [5.74, 6) is 0.231. The molecule has 56 valence electrons. The molecule has 0 aromatic carbocycles. The summed E-state index contributed by atoms with van der Waals surface area (Å²) in [6, 6.07) is 0.367. The molecule has 0 saturated carbocycles. The number of carbonyl (C=O) groups excluding carboxylic acids is 1. The number of nitrogens with zero attached hydrogens (tertiary/aromatic N) is 1. The second-order valence-corrected chi connectivity index (χ2v) is 2.65. The molecule has 0 aromatic heterocycles. The van der Waals surface area contributed by atoms with Gasteiger partial charge in [-0.1, -0.05) is 13.0 Å². The molecule has 1 aliphatic heterocycles. The van der Waals surface area contributed by atoms with Crippen molar-refractivity contribution in [1.82, 2.24) is 4.90 Å². The predicted octanol–water partition coefficient (Wildman–Crippen LogP) is 1.53. The van der Waals surface area contributed by atoms with Gasteiger partial charge in [-0.2, -0.15) is 0 Å². The van der Waals surface area contributed by atoms with Crippen molar-refractivity contribution in [2.75, 3.05) is 0 Å². The van der Waals surface area contributed by atoms with E-state index in [0.29, 0.717) is 12.5 Å². The quantitative estimate of drug-likeness (QED) is 0.568. The summed E-state index contributed by atoms with van der Waals surface area (Å²) >= 11 is 0. The summed E-state index contributed by atoms with van der Waals surface area (Å²) in [5, 5.41) is 0. The van der Waals surface area contributed by atoms with Crippen molar-refractivity contribution in [3.63, 3.8) is 0 Å². The van der Waals surface area contributed by atoms with Crippen LogP contribution in [0.4, 0.5) is 0 Å². The maximum atomic E-state index is 11.0. The van der Waals surface area contributed by atoms with E-state index in [9.17, 15) is 4.79 Å². The molecule has 2 heteroatoms. The molecule has 0 radical (unpaired) electrons. The van der Waals surface area contributed by atoms with Crippen molar-refractivity contribution in [1.29, 1.82) is 0 Å². The maximum Gasteiger partial charge on any atom is 0.230 e. The van der Waals surface area contributed by atoms with Crippen LogP contribution in [0.15, 0.2) is 12.3 Å². The smallest absolute Gasteiger partial charge is 0.230 e. The van der Waals surface area contributed by atoms with Crippen LogP contribution in [-0.4, -0.2) is 16.8 Å². The number of hydrogen-bond donors (Lipinski definition) is 0. The number of hydrogen-bond acceptors (Lipinski definition) is 1. The predicted molar refractivity (Wildman–Crippen MR) is 40.4 cm³/mol. The van der Waals surface area contributed by atoms with Gasteiger partial charge in [0.15, 0.2) is 0 Å². The Bertz CT molecular complexity index is 163. The SMILES string of the molecule is CCC(C)N1C=CCC1=O. The standard InChI is InChI=1S/C8H13NO/c1-3-7(2)9-6-4-5-8(9)10/h4,6-7H,3,5H2,1-2H3. The summed E-state index contributed by atoms with van der Waals surface area (Å²) in [6.45, 7) is 4.15. The molecular formula is C8H13NO. The number of rotatable bonds is 2. The van der Waals surface area contributed by atoms with E-state index in [-0.39, 0.29) is 5.91 Å². The minimum absolute atomic E-state index is 0.231. The van der Waals surface area contributed by atoms with Gasteiger partial charge in [0, 0.05) is 18.7 Å². The van der Waals surface area contributed by atoms with Gasteiger partial charge in [0.2, 0.25) is 5.91 Å². The summed E-state index contributed by atoms with van der Waals surface area (Å²) < 4.78 is 0. The van der Waals surface area contributed by atoms with Crippen LogP contribution < -0.4 is 0 Å². The van der Waals surface area contributed by atoms with Gasteiger partial charge >= 0.3 is 0 Å². The van der Waals surface area contributed by atoms with Crippen LogP contribution in [0.25, 0.3) is 0 Å². The highest BCUT2D eigenvalue weighted by molar-refractivity contribution is 5.81. The Morgan fingerprint density at radius 2 is 2.50 bits per heavy atom. The van der Waals surface area contributed by atoms with Gasteiger partial charge in [0.05, 0.1) is 0 Å². The monoisotopic (exact) mass is 139 g/mol. The van der Waals surface area contributed by atoms with Crippen molar-refractivity contribution in [2.45, 2.75) is 32.7 Å². The molecule has 1 unspecified atom stereocenters. The zero-order valence-corrected chi connectivity index (χ0v) is 6.50. The molecule has 2 nitrogen and oxygen atoms in total. The van der Waals surface area contributed by atoms with Crippen molar-refractivity contribution < 1.29 is 4.79 Å². The van der Waals surface area contributed by atoms with Crippen molar-refractivity contribution in [2.24, 2.45) is 0 Å². The molecule has 1 rings (SSSR count). The molecule has 0 aliphatic carbocycles. The lowest BCUT2D eigenvalue weighted by atomic mass is 10.2. The summed E-state index contributed by atoms with van der Waals surface area (Å²) in [5.41, 5.74) is 0. The van der Waals surface area contributed by atoms with E-state index in [1.54, 1.807) is 4.90 Å². The summed E-state index contributed by atoms with van der Waals surface area (Å²) in [4.78, 5) is 12.8. The van der Waals surface area contributed by atoms with Gasteiger partial charge in [0.25, 0.3) is 0 Å². The van der Waals surface area contributed by atoms with Crippen LogP contribution in [0, 0.1) is 0 Å². The van der Waals surface area contributed by atoms with Crippen molar-refractivity contribution in [3.8, 4) is 0 Å². The molecule has 1 heterocycles. The minimum atomic E-state index is 0.231. The van der Waals surface area contributed by atoms with E-state index in [1.165, 1.54) is 0 Å². The van der Waals surface area contributed by atoms with Gasteiger partial charge in [0.1, 0.15) is 0 Å². The average Bonchev–Trinajstić information content (AvgIpc) is 2.34. The zero-order chi connectivity index (χ0) is 7.56. The lowest BCUT2D eigenvalue weighted by Crippen LogP contribution is -2.29. The van der Waals surface area contributed by atoms with E-state index < -0.39 is 0 Å². The fraction of sp³-hybridized carbons (Fsp3) is 0.625. The van der Waals surface area contributed by atoms with E-state index in [1.807, 2.05) is 12.3 Å². The Morgan fingerprint density at radius 1 is 1.80 bits per heavy atom. The molecule has 1 atom stereocenters. The number of carbonyl (C=O) groups is 1. The van der Waals surface area contributed by atoms with Gasteiger partial charge in [-0.15, -0.1) is 0 Å². The Balaban J connectivity index is 2.54. The van der Waals surface area contributed by atoms with Gasteiger partial charge in [-0.05, 0) is 13.3 Å². The second-order valence-electron chi connectivity index (χ2n) is 2.65.